The Labute approximate surface area is 83.9 Å². The first-order valence-electron chi connectivity index (χ1n) is 4.70. The lowest BCUT2D eigenvalue weighted by Crippen LogP contribution is -2.33. The first kappa shape index (κ1) is 10.7. The molecule has 0 spiro atoms. The van der Waals surface area contributed by atoms with Crippen LogP contribution in [0.3, 0.4) is 0 Å². The molecule has 0 fully saturated rings. The van der Waals surface area contributed by atoms with Gasteiger partial charge in [0.15, 0.2) is 5.78 Å². The summed E-state index contributed by atoms with van der Waals surface area (Å²) in [5.41, 5.74) is 5.55. The topological polar surface area (TPSA) is 52.3 Å². The zero-order valence-corrected chi connectivity index (χ0v) is 8.27. The van der Waals surface area contributed by atoms with Crippen LogP contribution in [0.15, 0.2) is 30.3 Å². The molecule has 0 aliphatic carbocycles. The average molecular weight is 193 g/mol. The van der Waals surface area contributed by atoms with Gasteiger partial charge in [-0.2, -0.15) is 0 Å². The summed E-state index contributed by atoms with van der Waals surface area (Å²) in [4.78, 5) is 11.3. The second-order valence-electron chi connectivity index (χ2n) is 3.08. The molecule has 76 valence electrons. The van der Waals surface area contributed by atoms with E-state index >= 15 is 0 Å². The molecule has 1 aromatic rings. The van der Waals surface area contributed by atoms with Crippen LogP contribution in [-0.4, -0.2) is 18.4 Å². The number of para-hydroxylation sites is 1. The number of ketones is 1. The standard InChI is InChI=1S/C11H15NO2/c1-2-10(12)11(13)8-14-9-6-4-3-5-7-9/h3-7,10H,2,8,12H2,1H3. The summed E-state index contributed by atoms with van der Waals surface area (Å²) in [5.74, 6) is 0.639. The van der Waals surface area contributed by atoms with Crippen LogP contribution in [0.25, 0.3) is 0 Å². The quantitative estimate of drug-likeness (QED) is 0.768. The maximum atomic E-state index is 11.3. The highest BCUT2D eigenvalue weighted by Gasteiger charge is 2.11. The van der Waals surface area contributed by atoms with Crippen LogP contribution in [0, 0.1) is 0 Å². The van der Waals surface area contributed by atoms with Gasteiger partial charge in [-0.05, 0) is 18.6 Å². The van der Waals surface area contributed by atoms with E-state index in [0.29, 0.717) is 12.2 Å². The van der Waals surface area contributed by atoms with E-state index in [-0.39, 0.29) is 12.4 Å². The molecule has 3 nitrogen and oxygen atoms in total. The number of hydrogen-bond donors (Lipinski definition) is 1. The molecule has 0 saturated carbocycles. The molecule has 1 rings (SSSR count). The molecule has 1 aromatic carbocycles. The third kappa shape index (κ3) is 3.18. The number of benzene rings is 1. The first-order valence-corrected chi connectivity index (χ1v) is 4.70. The van der Waals surface area contributed by atoms with Crippen LogP contribution in [0.2, 0.25) is 0 Å². The van der Waals surface area contributed by atoms with Crippen LogP contribution < -0.4 is 10.5 Å². The van der Waals surface area contributed by atoms with E-state index in [1.54, 1.807) is 0 Å². The lowest BCUT2D eigenvalue weighted by Gasteiger charge is -2.08. The van der Waals surface area contributed by atoms with Crippen molar-refractivity contribution < 1.29 is 9.53 Å². The van der Waals surface area contributed by atoms with Crippen molar-refractivity contribution in [2.75, 3.05) is 6.61 Å². The zero-order chi connectivity index (χ0) is 10.4. The summed E-state index contributed by atoms with van der Waals surface area (Å²) in [6, 6.07) is 8.83. The predicted octanol–water partition coefficient (Wildman–Crippen LogP) is 1.37. The summed E-state index contributed by atoms with van der Waals surface area (Å²) in [6.45, 7) is 1.93. The van der Waals surface area contributed by atoms with Gasteiger partial charge in [0, 0.05) is 0 Å². The molecule has 1 atom stereocenters. The van der Waals surface area contributed by atoms with Crippen molar-refractivity contribution in [2.24, 2.45) is 5.73 Å². The number of carbonyl (C=O) groups is 1. The molecule has 2 N–H and O–H groups in total. The Morgan fingerprint density at radius 3 is 2.64 bits per heavy atom. The van der Waals surface area contributed by atoms with Gasteiger partial charge in [0.2, 0.25) is 0 Å². The second-order valence-corrected chi connectivity index (χ2v) is 3.08. The Kier molecular flexibility index (Phi) is 4.13. The molecule has 0 saturated heterocycles. The molecule has 0 aromatic heterocycles. The minimum Gasteiger partial charge on any atom is -0.486 e. The van der Waals surface area contributed by atoms with Crippen molar-refractivity contribution in [3.05, 3.63) is 30.3 Å². The molecule has 3 heteroatoms. The summed E-state index contributed by atoms with van der Waals surface area (Å²) in [7, 11) is 0. The fourth-order valence-corrected chi connectivity index (χ4v) is 1.01. The largest absolute Gasteiger partial charge is 0.486 e. The SMILES string of the molecule is CCC(N)C(=O)COc1ccccc1. The predicted molar refractivity (Wildman–Crippen MR) is 55.2 cm³/mol. The summed E-state index contributed by atoms with van der Waals surface area (Å²) in [6.07, 6.45) is 0.650. The van der Waals surface area contributed by atoms with E-state index < -0.39 is 6.04 Å². The van der Waals surface area contributed by atoms with Gasteiger partial charge >= 0.3 is 0 Å². The molecule has 1 unspecified atom stereocenters. The Morgan fingerprint density at radius 1 is 1.43 bits per heavy atom. The molecule has 0 amide bonds. The summed E-state index contributed by atoms with van der Waals surface area (Å²) in [5, 5.41) is 0. The van der Waals surface area contributed by atoms with Gasteiger partial charge in [0.25, 0.3) is 0 Å². The van der Waals surface area contributed by atoms with E-state index in [0.717, 1.165) is 0 Å². The normalized spacial score (nSPS) is 12.1. The fraction of sp³-hybridized carbons (Fsp3) is 0.364. The van der Waals surface area contributed by atoms with Crippen LogP contribution in [0.1, 0.15) is 13.3 Å². The number of hydrogen-bond acceptors (Lipinski definition) is 3. The lowest BCUT2D eigenvalue weighted by molar-refractivity contribution is -0.122. The van der Waals surface area contributed by atoms with Gasteiger partial charge in [-0.15, -0.1) is 0 Å². The van der Waals surface area contributed by atoms with Gasteiger partial charge in [0.05, 0.1) is 6.04 Å². The van der Waals surface area contributed by atoms with Crippen molar-refractivity contribution in [3.8, 4) is 5.75 Å². The third-order valence-electron chi connectivity index (χ3n) is 1.98. The number of carbonyl (C=O) groups excluding carboxylic acids is 1. The maximum Gasteiger partial charge on any atom is 0.186 e. The van der Waals surface area contributed by atoms with Gasteiger partial charge in [0.1, 0.15) is 12.4 Å². The monoisotopic (exact) mass is 193 g/mol. The molecule has 14 heavy (non-hydrogen) atoms. The zero-order valence-electron chi connectivity index (χ0n) is 8.27. The molecular formula is C11H15NO2. The van der Waals surface area contributed by atoms with E-state index in [4.69, 9.17) is 10.5 Å². The van der Waals surface area contributed by atoms with Crippen molar-refractivity contribution >= 4 is 5.78 Å². The highest BCUT2D eigenvalue weighted by molar-refractivity contribution is 5.85. The van der Waals surface area contributed by atoms with Crippen molar-refractivity contribution in [1.82, 2.24) is 0 Å². The maximum absolute atomic E-state index is 11.3. The molecule has 0 heterocycles. The minimum atomic E-state index is -0.404. The van der Waals surface area contributed by atoms with E-state index in [2.05, 4.69) is 0 Å². The number of nitrogens with two attached hydrogens (primary N) is 1. The minimum absolute atomic E-state index is 0.0546. The van der Waals surface area contributed by atoms with Crippen molar-refractivity contribution in [2.45, 2.75) is 19.4 Å². The third-order valence-corrected chi connectivity index (χ3v) is 1.98. The molecular weight excluding hydrogens is 178 g/mol. The molecule has 0 aliphatic heterocycles. The number of Topliss-reactive ketones (excluding diaryl/α,β-unsaturated/α-hetero) is 1. The Hall–Kier alpha value is -1.35. The van der Waals surface area contributed by atoms with Gasteiger partial charge in [-0.25, -0.2) is 0 Å². The highest BCUT2D eigenvalue weighted by Crippen LogP contribution is 2.08. The lowest BCUT2D eigenvalue weighted by atomic mass is 10.1. The number of rotatable bonds is 5. The Morgan fingerprint density at radius 2 is 2.07 bits per heavy atom. The van der Waals surface area contributed by atoms with Gasteiger partial charge < -0.3 is 10.5 Å². The van der Waals surface area contributed by atoms with Crippen LogP contribution in [-0.2, 0) is 4.79 Å². The molecule has 0 bridgehead atoms. The van der Waals surface area contributed by atoms with Gasteiger partial charge in [-0.1, -0.05) is 25.1 Å². The van der Waals surface area contributed by atoms with Crippen LogP contribution in [0.4, 0.5) is 0 Å². The van der Waals surface area contributed by atoms with Crippen LogP contribution in [0.5, 0.6) is 5.75 Å². The smallest absolute Gasteiger partial charge is 0.186 e. The van der Waals surface area contributed by atoms with Gasteiger partial charge in [-0.3, -0.25) is 4.79 Å². The second kappa shape index (κ2) is 5.40. The molecule has 0 radical (unpaired) electrons. The van der Waals surface area contributed by atoms with E-state index in [9.17, 15) is 4.79 Å². The summed E-state index contributed by atoms with van der Waals surface area (Å²) < 4.78 is 5.26. The van der Waals surface area contributed by atoms with E-state index in [1.807, 2.05) is 37.3 Å². The first-order chi connectivity index (χ1) is 6.74. The van der Waals surface area contributed by atoms with E-state index in [1.165, 1.54) is 0 Å². The fourth-order valence-electron chi connectivity index (χ4n) is 1.01. The molecule has 0 aliphatic rings. The summed E-state index contributed by atoms with van der Waals surface area (Å²) >= 11 is 0. The number of ether oxygens (including phenoxy) is 1. The van der Waals surface area contributed by atoms with Crippen molar-refractivity contribution in [3.63, 3.8) is 0 Å². The average Bonchev–Trinajstić information content (AvgIpc) is 2.26. The Balaban J connectivity index is 2.38. The Bertz CT molecular complexity index is 285. The highest BCUT2D eigenvalue weighted by atomic mass is 16.5. The van der Waals surface area contributed by atoms with Crippen LogP contribution >= 0.6 is 0 Å². The van der Waals surface area contributed by atoms with Crippen molar-refractivity contribution in [1.29, 1.82) is 0 Å².